The second kappa shape index (κ2) is 4.03. The molecule has 0 unspecified atom stereocenters. The van der Waals surface area contributed by atoms with Gasteiger partial charge in [-0.25, -0.2) is 0 Å². The number of thiophene rings is 1. The van der Waals surface area contributed by atoms with E-state index in [4.69, 9.17) is 4.42 Å². The molecule has 2 heterocycles. The third-order valence-corrected chi connectivity index (χ3v) is 3.39. The molecule has 78 valence electrons. The van der Waals surface area contributed by atoms with E-state index in [9.17, 15) is 4.79 Å². The van der Waals surface area contributed by atoms with E-state index in [0.29, 0.717) is 5.56 Å². The molecule has 2 rings (SSSR count). The fraction of sp³-hybridized carbons (Fsp3) is 0.250. The third-order valence-electron chi connectivity index (χ3n) is 2.38. The minimum Gasteiger partial charge on any atom is -0.469 e. The predicted molar refractivity (Wildman–Crippen MR) is 60.6 cm³/mol. The van der Waals surface area contributed by atoms with Crippen molar-refractivity contribution in [3.8, 4) is 0 Å². The summed E-state index contributed by atoms with van der Waals surface area (Å²) in [5.41, 5.74) is 1.73. The summed E-state index contributed by atoms with van der Waals surface area (Å²) in [6.45, 7) is 3.94. The lowest BCUT2D eigenvalue weighted by Gasteiger charge is -1.98. The van der Waals surface area contributed by atoms with E-state index in [0.717, 1.165) is 22.6 Å². The molecule has 0 amide bonds. The van der Waals surface area contributed by atoms with E-state index >= 15 is 0 Å². The number of carbonyl (C=O) groups excluding carboxylic acids is 1. The van der Waals surface area contributed by atoms with Crippen LogP contribution in [0, 0.1) is 6.92 Å². The lowest BCUT2D eigenvalue weighted by Crippen LogP contribution is -2.01. The van der Waals surface area contributed by atoms with Crippen molar-refractivity contribution in [1.82, 2.24) is 0 Å². The summed E-state index contributed by atoms with van der Waals surface area (Å²) in [7, 11) is 0. The fourth-order valence-corrected chi connectivity index (χ4v) is 2.42. The molecular weight excluding hydrogens is 208 g/mol. The number of aryl methyl sites for hydroxylation is 2. The molecule has 0 saturated heterocycles. The molecule has 0 radical (unpaired) electrons. The van der Waals surface area contributed by atoms with E-state index < -0.39 is 0 Å². The molecule has 0 saturated carbocycles. The van der Waals surface area contributed by atoms with Crippen LogP contribution in [-0.4, -0.2) is 5.78 Å². The zero-order valence-electron chi connectivity index (χ0n) is 8.74. The van der Waals surface area contributed by atoms with E-state index in [-0.39, 0.29) is 5.78 Å². The highest BCUT2D eigenvalue weighted by atomic mass is 32.1. The van der Waals surface area contributed by atoms with Crippen LogP contribution < -0.4 is 0 Å². The normalized spacial score (nSPS) is 10.5. The molecule has 0 fully saturated rings. The van der Waals surface area contributed by atoms with Gasteiger partial charge in [0.1, 0.15) is 5.76 Å². The van der Waals surface area contributed by atoms with Gasteiger partial charge in [0, 0.05) is 6.42 Å². The van der Waals surface area contributed by atoms with Gasteiger partial charge in [0.05, 0.1) is 16.7 Å². The van der Waals surface area contributed by atoms with Crippen LogP contribution in [0.25, 0.3) is 0 Å². The minimum atomic E-state index is 0.0769. The smallest absolute Gasteiger partial charge is 0.206 e. The summed E-state index contributed by atoms with van der Waals surface area (Å²) >= 11 is 1.48. The second-order valence-corrected chi connectivity index (χ2v) is 4.29. The Hall–Kier alpha value is -1.35. The Balaban J connectivity index is 2.41. The first-order valence-electron chi connectivity index (χ1n) is 4.89. The van der Waals surface area contributed by atoms with Crippen LogP contribution in [0.3, 0.4) is 0 Å². The zero-order valence-corrected chi connectivity index (χ0v) is 9.56. The highest BCUT2D eigenvalue weighted by molar-refractivity contribution is 7.12. The summed E-state index contributed by atoms with van der Waals surface area (Å²) in [4.78, 5) is 12.9. The number of hydrogen-bond acceptors (Lipinski definition) is 3. The maximum atomic E-state index is 12.1. The summed E-state index contributed by atoms with van der Waals surface area (Å²) in [5.74, 6) is 0.848. The number of furan rings is 1. The highest BCUT2D eigenvalue weighted by Crippen LogP contribution is 2.22. The Labute approximate surface area is 92.5 Å². The SMILES string of the molecule is CCc1occc1C(=O)c1sccc1C. The van der Waals surface area contributed by atoms with Crippen LogP contribution in [0.4, 0.5) is 0 Å². The first kappa shape index (κ1) is 10.2. The average Bonchev–Trinajstić information content (AvgIpc) is 2.84. The molecule has 3 heteroatoms. The molecule has 0 aromatic carbocycles. The molecule has 2 aromatic rings. The Bertz CT molecular complexity index is 479. The number of carbonyl (C=O) groups is 1. The van der Waals surface area contributed by atoms with Gasteiger partial charge in [-0.2, -0.15) is 0 Å². The van der Waals surface area contributed by atoms with Crippen LogP contribution in [0.5, 0.6) is 0 Å². The number of ketones is 1. The number of hydrogen-bond donors (Lipinski definition) is 0. The van der Waals surface area contributed by atoms with E-state index in [2.05, 4.69) is 0 Å². The van der Waals surface area contributed by atoms with Crippen molar-refractivity contribution >= 4 is 17.1 Å². The zero-order chi connectivity index (χ0) is 10.8. The van der Waals surface area contributed by atoms with Gasteiger partial charge in [0.2, 0.25) is 5.78 Å². The van der Waals surface area contributed by atoms with Crippen LogP contribution in [0.1, 0.15) is 33.5 Å². The van der Waals surface area contributed by atoms with Crippen molar-refractivity contribution in [2.75, 3.05) is 0 Å². The molecule has 0 bridgehead atoms. The third kappa shape index (κ3) is 1.75. The Morgan fingerprint density at radius 1 is 1.47 bits per heavy atom. The summed E-state index contributed by atoms with van der Waals surface area (Å²) in [6, 6.07) is 3.71. The first-order chi connectivity index (χ1) is 7.24. The van der Waals surface area contributed by atoms with Gasteiger partial charge in [0.25, 0.3) is 0 Å². The van der Waals surface area contributed by atoms with Crippen molar-refractivity contribution in [2.45, 2.75) is 20.3 Å². The number of rotatable bonds is 3. The van der Waals surface area contributed by atoms with E-state index in [1.807, 2.05) is 25.3 Å². The van der Waals surface area contributed by atoms with Crippen molar-refractivity contribution in [3.05, 3.63) is 45.5 Å². The van der Waals surface area contributed by atoms with Crippen LogP contribution >= 0.6 is 11.3 Å². The molecule has 2 aromatic heterocycles. The molecule has 0 aliphatic carbocycles. The Kier molecular flexibility index (Phi) is 2.73. The lowest BCUT2D eigenvalue weighted by atomic mass is 10.1. The van der Waals surface area contributed by atoms with Gasteiger partial charge in [0.15, 0.2) is 0 Å². The van der Waals surface area contributed by atoms with Crippen molar-refractivity contribution in [2.24, 2.45) is 0 Å². The molecular formula is C12H12O2S. The van der Waals surface area contributed by atoms with Crippen molar-refractivity contribution in [1.29, 1.82) is 0 Å². The largest absolute Gasteiger partial charge is 0.469 e. The van der Waals surface area contributed by atoms with Gasteiger partial charge in [-0.05, 0) is 30.0 Å². The summed E-state index contributed by atoms with van der Waals surface area (Å²) in [5, 5.41) is 1.94. The summed E-state index contributed by atoms with van der Waals surface area (Å²) < 4.78 is 5.26. The topological polar surface area (TPSA) is 30.2 Å². The average molecular weight is 220 g/mol. The molecule has 2 nitrogen and oxygen atoms in total. The predicted octanol–water partition coefficient (Wildman–Crippen LogP) is 3.44. The molecule has 15 heavy (non-hydrogen) atoms. The van der Waals surface area contributed by atoms with Crippen LogP contribution in [0.15, 0.2) is 28.2 Å². The lowest BCUT2D eigenvalue weighted by molar-refractivity contribution is 0.104. The minimum absolute atomic E-state index is 0.0769. The molecule has 0 atom stereocenters. The highest BCUT2D eigenvalue weighted by Gasteiger charge is 2.17. The Morgan fingerprint density at radius 3 is 2.87 bits per heavy atom. The van der Waals surface area contributed by atoms with Crippen LogP contribution in [0.2, 0.25) is 0 Å². The van der Waals surface area contributed by atoms with E-state index in [1.165, 1.54) is 11.3 Å². The van der Waals surface area contributed by atoms with Crippen molar-refractivity contribution < 1.29 is 9.21 Å². The Morgan fingerprint density at radius 2 is 2.27 bits per heavy atom. The van der Waals surface area contributed by atoms with Crippen LogP contribution in [-0.2, 0) is 6.42 Å². The monoisotopic (exact) mass is 220 g/mol. The van der Waals surface area contributed by atoms with Gasteiger partial charge >= 0.3 is 0 Å². The van der Waals surface area contributed by atoms with Crippen molar-refractivity contribution in [3.63, 3.8) is 0 Å². The second-order valence-electron chi connectivity index (χ2n) is 3.37. The first-order valence-corrected chi connectivity index (χ1v) is 5.77. The molecule has 0 aliphatic rings. The maximum absolute atomic E-state index is 12.1. The quantitative estimate of drug-likeness (QED) is 0.742. The summed E-state index contributed by atoms with van der Waals surface area (Å²) in [6.07, 6.45) is 2.33. The van der Waals surface area contributed by atoms with Gasteiger partial charge in [-0.15, -0.1) is 11.3 Å². The molecule has 0 aliphatic heterocycles. The van der Waals surface area contributed by atoms with E-state index in [1.54, 1.807) is 12.3 Å². The van der Waals surface area contributed by atoms with Gasteiger partial charge in [-0.1, -0.05) is 6.92 Å². The standard InChI is InChI=1S/C12H12O2S/c1-3-10-9(4-6-14-10)11(13)12-8(2)5-7-15-12/h4-7H,3H2,1-2H3. The molecule has 0 spiro atoms. The maximum Gasteiger partial charge on any atom is 0.206 e. The van der Waals surface area contributed by atoms with Gasteiger partial charge < -0.3 is 4.42 Å². The fourth-order valence-electron chi connectivity index (χ4n) is 1.54. The van der Waals surface area contributed by atoms with Gasteiger partial charge in [-0.3, -0.25) is 4.79 Å². The molecule has 0 N–H and O–H groups in total.